The number of benzene rings is 2. The molecule has 0 aromatic heterocycles. The fourth-order valence-corrected chi connectivity index (χ4v) is 2.23. The van der Waals surface area contributed by atoms with Gasteiger partial charge >= 0.3 is 6.18 Å². The number of phenols is 1. The number of hydrogen-bond acceptors (Lipinski definition) is 5. The zero-order chi connectivity index (χ0) is 21.4. The van der Waals surface area contributed by atoms with Crippen LogP contribution >= 0.6 is 0 Å². The molecular weight excluding hydrogens is 391 g/mol. The maximum atomic E-state index is 12.7. The first-order valence-corrected chi connectivity index (χ1v) is 8.35. The van der Waals surface area contributed by atoms with Gasteiger partial charge in [0.2, 0.25) is 11.8 Å². The Balaban J connectivity index is 1.81. The first kappa shape index (κ1) is 21.7. The van der Waals surface area contributed by atoms with Gasteiger partial charge in [0, 0.05) is 18.5 Å². The number of rotatable bonds is 7. The fraction of sp³-hybridized carbons (Fsp3) is 0.211. The van der Waals surface area contributed by atoms with Gasteiger partial charge in [-0.05, 0) is 42.0 Å². The topological polar surface area (TPSA) is 100 Å². The van der Waals surface area contributed by atoms with Crippen LogP contribution in [0.3, 0.4) is 0 Å². The van der Waals surface area contributed by atoms with Crippen molar-refractivity contribution in [3.63, 3.8) is 0 Å². The second kappa shape index (κ2) is 9.58. The van der Waals surface area contributed by atoms with Crippen LogP contribution in [0, 0.1) is 0 Å². The lowest BCUT2D eigenvalue weighted by molar-refractivity contribution is -0.137. The monoisotopic (exact) mass is 409 g/mol. The molecule has 2 aromatic carbocycles. The van der Waals surface area contributed by atoms with E-state index in [2.05, 4.69) is 15.8 Å². The van der Waals surface area contributed by atoms with Crippen LogP contribution in [0.25, 0.3) is 0 Å². The molecule has 2 aromatic rings. The van der Waals surface area contributed by atoms with Crippen molar-refractivity contribution < 1.29 is 32.6 Å². The second-order valence-electron chi connectivity index (χ2n) is 5.85. The number of methoxy groups -OCH3 is 1. The van der Waals surface area contributed by atoms with Gasteiger partial charge in [-0.15, -0.1) is 0 Å². The third-order valence-electron chi connectivity index (χ3n) is 3.66. The Bertz CT molecular complexity index is 914. The summed E-state index contributed by atoms with van der Waals surface area (Å²) in [6.07, 6.45) is -3.63. The quantitative estimate of drug-likeness (QED) is 0.483. The van der Waals surface area contributed by atoms with Crippen molar-refractivity contribution >= 4 is 23.7 Å². The van der Waals surface area contributed by atoms with Gasteiger partial charge in [0.1, 0.15) is 0 Å². The number of amides is 2. The van der Waals surface area contributed by atoms with Crippen LogP contribution in [0.2, 0.25) is 0 Å². The molecule has 0 radical (unpaired) electrons. The minimum Gasteiger partial charge on any atom is -0.504 e. The Morgan fingerprint density at radius 1 is 1.14 bits per heavy atom. The minimum absolute atomic E-state index is 0.00969. The summed E-state index contributed by atoms with van der Waals surface area (Å²) in [4.78, 5) is 23.6. The lowest BCUT2D eigenvalue weighted by atomic mass is 10.2. The molecule has 0 aliphatic heterocycles. The number of nitrogens with one attached hydrogen (secondary N) is 2. The number of nitrogens with zero attached hydrogens (tertiary/aromatic N) is 1. The number of carbonyl (C=O) groups excluding carboxylic acids is 2. The predicted octanol–water partition coefficient (Wildman–Crippen LogP) is 3.29. The lowest BCUT2D eigenvalue weighted by Gasteiger charge is -2.09. The summed E-state index contributed by atoms with van der Waals surface area (Å²) < 4.78 is 42.9. The van der Waals surface area contributed by atoms with Crippen molar-refractivity contribution in [1.82, 2.24) is 5.43 Å². The zero-order valence-corrected chi connectivity index (χ0v) is 15.3. The summed E-state index contributed by atoms with van der Waals surface area (Å²) in [5.74, 6) is -0.954. The Kier molecular flexibility index (Phi) is 7.18. The van der Waals surface area contributed by atoms with Crippen LogP contribution < -0.4 is 15.5 Å². The van der Waals surface area contributed by atoms with E-state index in [0.717, 1.165) is 12.1 Å². The predicted molar refractivity (Wildman–Crippen MR) is 99.7 cm³/mol. The Labute approximate surface area is 164 Å². The molecule has 7 nitrogen and oxygen atoms in total. The molecule has 0 aliphatic carbocycles. The molecule has 154 valence electrons. The van der Waals surface area contributed by atoms with E-state index >= 15 is 0 Å². The molecule has 10 heteroatoms. The van der Waals surface area contributed by atoms with Crippen molar-refractivity contribution in [3.8, 4) is 11.5 Å². The van der Waals surface area contributed by atoms with Gasteiger partial charge in [-0.2, -0.15) is 18.3 Å². The Morgan fingerprint density at radius 2 is 1.86 bits per heavy atom. The number of alkyl halides is 3. The van der Waals surface area contributed by atoms with Crippen LogP contribution in [0.15, 0.2) is 47.6 Å². The largest absolute Gasteiger partial charge is 0.504 e. The third kappa shape index (κ3) is 6.83. The highest BCUT2D eigenvalue weighted by Crippen LogP contribution is 2.30. The van der Waals surface area contributed by atoms with Gasteiger partial charge in [-0.3, -0.25) is 9.59 Å². The zero-order valence-electron chi connectivity index (χ0n) is 15.3. The number of ether oxygens (including phenoxy) is 1. The molecule has 2 amide bonds. The Hall–Kier alpha value is -3.56. The van der Waals surface area contributed by atoms with Crippen molar-refractivity contribution in [3.05, 3.63) is 53.6 Å². The molecule has 0 atom stereocenters. The highest BCUT2D eigenvalue weighted by molar-refractivity contribution is 5.93. The van der Waals surface area contributed by atoms with E-state index in [4.69, 9.17) is 4.74 Å². The first-order valence-electron chi connectivity index (χ1n) is 8.35. The van der Waals surface area contributed by atoms with Crippen LogP contribution in [-0.2, 0) is 15.8 Å². The van der Waals surface area contributed by atoms with Gasteiger partial charge in [0.25, 0.3) is 0 Å². The molecule has 0 bridgehead atoms. The van der Waals surface area contributed by atoms with Crippen LogP contribution in [0.5, 0.6) is 11.5 Å². The van der Waals surface area contributed by atoms with Crippen LogP contribution in [0.1, 0.15) is 24.0 Å². The highest BCUT2D eigenvalue weighted by atomic mass is 19.4. The van der Waals surface area contributed by atoms with E-state index in [0.29, 0.717) is 5.56 Å². The third-order valence-corrected chi connectivity index (χ3v) is 3.66. The summed E-state index contributed by atoms with van der Waals surface area (Å²) in [7, 11) is 1.39. The molecule has 29 heavy (non-hydrogen) atoms. The van der Waals surface area contributed by atoms with E-state index in [1.54, 1.807) is 6.07 Å². The summed E-state index contributed by atoms with van der Waals surface area (Å²) in [5, 5.41) is 15.5. The van der Waals surface area contributed by atoms with Crippen molar-refractivity contribution in [2.75, 3.05) is 12.4 Å². The molecular formula is C19H18F3N3O4. The summed E-state index contributed by atoms with van der Waals surface area (Å²) in [6, 6.07) is 8.67. The lowest BCUT2D eigenvalue weighted by Crippen LogP contribution is -2.20. The summed E-state index contributed by atoms with van der Waals surface area (Å²) in [5.41, 5.74) is 1.90. The number of anilines is 1. The molecule has 2 rings (SSSR count). The van der Waals surface area contributed by atoms with Gasteiger partial charge < -0.3 is 15.2 Å². The van der Waals surface area contributed by atoms with Crippen LogP contribution in [-0.4, -0.2) is 30.2 Å². The van der Waals surface area contributed by atoms with E-state index in [9.17, 15) is 27.9 Å². The number of hydrogen-bond donors (Lipinski definition) is 3. The van der Waals surface area contributed by atoms with Crippen molar-refractivity contribution in [2.24, 2.45) is 5.10 Å². The molecule has 0 unspecified atom stereocenters. The van der Waals surface area contributed by atoms with E-state index in [1.807, 2.05) is 0 Å². The average molecular weight is 409 g/mol. The number of halogens is 3. The van der Waals surface area contributed by atoms with Gasteiger partial charge in [-0.25, -0.2) is 5.43 Å². The molecule has 0 heterocycles. The molecule has 0 saturated heterocycles. The van der Waals surface area contributed by atoms with Gasteiger partial charge in [-0.1, -0.05) is 6.07 Å². The van der Waals surface area contributed by atoms with Gasteiger partial charge in [0.05, 0.1) is 18.9 Å². The SMILES string of the molecule is COc1cc(/C=N/NC(=O)CCC(=O)Nc2cccc(C(F)(F)F)c2)ccc1O. The number of aromatic hydroxyl groups is 1. The van der Waals surface area contributed by atoms with E-state index < -0.39 is 23.6 Å². The van der Waals surface area contributed by atoms with Crippen LogP contribution in [0.4, 0.5) is 18.9 Å². The standard InChI is InChI=1S/C19H18F3N3O4/c1-29-16-9-12(5-6-15(16)26)11-23-25-18(28)8-7-17(27)24-14-4-2-3-13(10-14)19(20,21)22/h2-6,9-11,26H,7-8H2,1H3,(H,24,27)(H,25,28)/b23-11+. The number of carbonyl (C=O) groups is 2. The molecule has 0 fully saturated rings. The highest BCUT2D eigenvalue weighted by Gasteiger charge is 2.30. The number of hydrazone groups is 1. The first-order chi connectivity index (χ1) is 13.7. The normalized spacial score (nSPS) is 11.3. The van der Waals surface area contributed by atoms with Crippen molar-refractivity contribution in [2.45, 2.75) is 19.0 Å². The number of phenolic OH excluding ortho intramolecular Hbond substituents is 1. The van der Waals surface area contributed by atoms with E-state index in [-0.39, 0.29) is 30.0 Å². The second-order valence-corrected chi connectivity index (χ2v) is 5.85. The molecule has 3 N–H and O–H groups in total. The van der Waals surface area contributed by atoms with E-state index in [1.165, 1.54) is 37.6 Å². The average Bonchev–Trinajstić information content (AvgIpc) is 2.67. The molecule has 0 saturated carbocycles. The summed E-state index contributed by atoms with van der Waals surface area (Å²) in [6.45, 7) is 0. The van der Waals surface area contributed by atoms with Gasteiger partial charge in [0.15, 0.2) is 11.5 Å². The molecule has 0 aliphatic rings. The maximum absolute atomic E-state index is 12.7. The van der Waals surface area contributed by atoms with Crippen molar-refractivity contribution in [1.29, 1.82) is 0 Å². The Morgan fingerprint density at radius 3 is 2.55 bits per heavy atom. The smallest absolute Gasteiger partial charge is 0.416 e. The minimum atomic E-state index is -4.51. The molecule has 0 spiro atoms. The fourth-order valence-electron chi connectivity index (χ4n) is 2.23. The summed E-state index contributed by atoms with van der Waals surface area (Å²) >= 11 is 0. The maximum Gasteiger partial charge on any atom is 0.416 e.